The number of rotatable bonds is 4. The van der Waals surface area contributed by atoms with Gasteiger partial charge in [0.2, 0.25) is 0 Å². The Balaban J connectivity index is 2.38. The van der Waals surface area contributed by atoms with E-state index < -0.39 is 0 Å². The standard InChI is InChI=1S/C14H13ClO/c1-2-7-16-14-6-5-12-4-3-11(10-15)8-13(12)9-14/h2-6,8-9H,1,7,10H2. The smallest absolute Gasteiger partial charge is 0.120 e. The van der Waals surface area contributed by atoms with Gasteiger partial charge in [0.05, 0.1) is 0 Å². The van der Waals surface area contributed by atoms with E-state index in [4.69, 9.17) is 16.3 Å². The van der Waals surface area contributed by atoms with Crippen molar-refractivity contribution >= 4 is 22.4 Å². The molecule has 0 radical (unpaired) electrons. The van der Waals surface area contributed by atoms with Crippen LogP contribution in [0.15, 0.2) is 49.1 Å². The molecule has 2 heteroatoms. The van der Waals surface area contributed by atoms with Gasteiger partial charge in [0, 0.05) is 5.88 Å². The zero-order chi connectivity index (χ0) is 11.4. The highest BCUT2D eigenvalue weighted by atomic mass is 35.5. The number of hydrogen-bond acceptors (Lipinski definition) is 1. The van der Waals surface area contributed by atoms with Crippen LogP contribution in [-0.2, 0) is 5.88 Å². The first kappa shape index (κ1) is 11.0. The Morgan fingerprint density at radius 2 is 1.94 bits per heavy atom. The predicted molar refractivity (Wildman–Crippen MR) is 69.2 cm³/mol. The van der Waals surface area contributed by atoms with Crippen LogP contribution in [0.1, 0.15) is 5.56 Å². The van der Waals surface area contributed by atoms with Crippen molar-refractivity contribution in [1.82, 2.24) is 0 Å². The molecule has 0 spiro atoms. The number of halogens is 1. The molecule has 2 rings (SSSR count). The zero-order valence-electron chi connectivity index (χ0n) is 8.95. The lowest BCUT2D eigenvalue weighted by atomic mass is 10.1. The van der Waals surface area contributed by atoms with Crippen LogP contribution in [0.5, 0.6) is 5.75 Å². The molecule has 0 bridgehead atoms. The first-order valence-electron chi connectivity index (χ1n) is 5.16. The first-order chi connectivity index (χ1) is 7.83. The van der Waals surface area contributed by atoms with E-state index in [1.54, 1.807) is 6.08 Å². The molecule has 0 amide bonds. The Labute approximate surface area is 100 Å². The largest absolute Gasteiger partial charge is 0.490 e. The minimum atomic E-state index is 0.528. The second-order valence-corrected chi connectivity index (χ2v) is 3.84. The Bertz CT molecular complexity index is 505. The molecule has 0 N–H and O–H groups in total. The third-order valence-electron chi connectivity index (χ3n) is 2.40. The minimum Gasteiger partial charge on any atom is -0.490 e. The van der Waals surface area contributed by atoms with E-state index in [0.29, 0.717) is 12.5 Å². The number of alkyl halides is 1. The van der Waals surface area contributed by atoms with Gasteiger partial charge in [0.25, 0.3) is 0 Å². The zero-order valence-corrected chi connectivity index (χ0v) is 9.70. The van der Waals surface area contributed by atoms with Gasteiger partial charge in [-0.3, -0.25) is 0 Å². The van der Waals surface area contributed by atoms with Gasteiger partial charge in [0.15, 0.2) is 0 Å². The number of benzene rings is 2. The average Bonchev–Trinajstić information content (AvgIpc) is 2.35. The van der Waals surface area contributed by atoms with Crippen molar-refractivity contribution in [2.45, 2.75) is 5.88 Å². The van der Waals surface area contributed by atoms with Crippen molar-refractivity contribution in [2.75, 3.05) is 6.61 Å². The lowest BCUT2D eigenvalue weighted by Gasteiger charge is -2.05. The molecule has 0 atom stereocenters. The summed E-state index contributed by atoms with van der Waals surface area (Å²) in [5, 5.41) is 2.35. The van der Waals surface area contributed by atoms with Crippen molar-refractivity contribution in [3.8, 4) is 5.75 Å². The van der Waals surface area contributed by atoms with Gasteiger partial charge in [-0.1, -0.05) is 30.9 Å². The lowest BCUT2D eigenvalue weighted by molar-refractivity contribution is 0.364. The van der Waals surface area contributed by atoms with Crippen molar-refractivity contribution < 1.29 is 4.74 Å². The Kier molecular flexibility index (Phi) is 3.47. The first-order valence-corrected chi connectivity index (χ1v) is 5.69. The fourth-order valence-electron chi connectivity index (χ4n) is 1.60. The second-order valence-electron chi connectivity index (χ2n) is 3.58. The molecule has 0 aliphatic rings. The summed E-state index contributed by atoms with van der Waals surface area (Å²) in [6.45, 7) is 4.15. The van der Waals surface area contributed by atoms with Gasteiger partial charge in [0.1, 0.15) is 12.4 Å². The molecule has 0 unspecified atom stereocenters. The van der Waals surface area contributed by atoms with E-state index in [1.807, 2.05) is 24.3 Å². The molecule has 1 nitrogen and oxygen atoms in total. The maximum absolute atomic E-state index is 5.81. The molecule has 16 heavy (non-hydrogen) atoms. The van der Waals surface area contributed by atoms with E-state index in [0.717, 1.165) is 16.7 Å². The highest BCUT2D eigenvalue weighted by molar-refractivity contribution is 6.17. The summed E-state index contributed by atoms with van der Waals surface area (Å²) >= 11 is 5.81. The molecular formula is C14H13ClO. The second kappa shape index (κ2) is 5.04. The van der Waals surface area contributed by atoms with Crippen molar-refractivity contribution in [3.63, 3.8) is 0 Å². The molecule has 0 saturated heterocycles. The van der Waals surface area contributed by atoms with E-state index in [9.17, 15) is 0 Å². The van der Waals surface area contributed by atoms with Crippen LogP contribution >= 0.6 is 11.6 Å². The maximum Gasteiger partial charge on any atom is 0.120 e. The quantitative estimate of drug-likeness (QED) is 0.569. The van der Waals surface area contributed by atoms with Crippen LogP contribution in [0.25, 0.3) is 10.8 Å². The summed E-state index contributed by atoms with van der Waals surface area (Å²) in [5.41, 5.74) is 1.12. The molecule has 0 fully saturated rings. The van der Waals surface area contributed by atoms with Gasteiger partial charge < -0.3 is 4.74 Å². The summed E-state index contributed by atoms with van der Waals surface area (Å²) < 4.78 is 5.49. The maximum atomic E-state index is 5.81. The molecule has 2 aromatic carbocycles. The topological polar surface area (TPSA) is 9.23 Å². The molecule has 0 saturated carbocycles. The van der Waals surface area contributed by atoms with Crippen LogP contribution in [0.3, 0.4) is 0 Å². The van der Waals surface area contributed by atoms with Crippen LogP contribution in [-0.4, -0.2) is 6.61 Å². The summed E-state index contributed by atoms with van der Waals surface area (Å²) in [4.78, 5) is 0. The molecule has 82 valence electrons. The van der Waals surface area contributed by atoms with Gasteiger partial charge in [-0.2, -0.15) is 0 Å². The Morgan fingerprint density at radius 1 is 1.12 bits per heavy atom. The van der Waals surface area contributed by atoms with Crippen LogP contribution in [0.2, 0.25) is 0 Å². The summed E-state index contributed by atoms with van der Waals surface area (Å²) in [6.07, 6.45) is 1.74. The summed E-state index contributed by atoms with van der Waals surface area (Å²) in [6, 6.07) is 12.2. The molecule has 0 aromatic heterocycles. The minimum absolute atomic E-state index is 0.528. The van der Waals surface area contributed by atoms with Gasteiger partial charge in [-0.05, 0) is 34.5 Å². The van der Waals surface area contributed by atoms with E-state index in [-0.39, 0.29) is 0 Å². The van der Waals surface area contributed by atoms with E-state index >= 15 is 0 Å². The van der Waals surface area contributed by atoms with Crippen LogP contribution in [0, 0.1) is 0 Å². The SMILES string of the molecule is C=CCOc1ccc2ccc(CCl)cc2c1. The third-order valence-corrected chi connectivity index (χ3v) is 2.71. The molecule has 0 heterocycles. The molecule has 0 aliphatic carbocycles. The summed E-state index contributed by atoms with van der Waals surface area (Å²) in [5.74, 6) is 1.40. The van der Waals surface area contributed by atoms with E-state index in [1.165, 1.54) is 5.39 Å². The third kappa shape index (κ3) is 2.37. The van der Waals surface area contributed by atoms with Gasteiger partial charge in [-0.25, -0.2) is 0 Å². The number of ether oxygens (including phenoxy) is 1. The van der Waals surface area contributed by atoms with E-state index in [2.05, 4.69) is 18.7 Å². The average molecular weight is 233 g/mol. The molecule has 2 aromatic rings. The summed E-state index contributed by atoms with van der Waals surface area (Å²) in [7, 11) is 0. The van der Waals surface area contributed by atoms with Crippen LogP contribution < -0.4 is 4.74 Å². The Hall–Kier alpha value is -1.47. The monoisotopic (exact) mass is 232 g/mol. The highest BCUT2D eigenvalue weighted by Crippen LogP contribution is 2.22. The van der Waals surface area contributed by atoms with Gasteiger partial charge in [-0.15, -0.1) is 11.6 Å². The number of fused-ring (bicyclic) bond motifs is 1. The van der Waals surface area contributed by atoms with Crippen LogP contribution in [0.4, 0.5) is 0 Å². The predicted octanol–water partition coefficient (Wildman–Crippen LogP) is 4.14. The van der Waals surface area contributed by atoms with Crippen molar-refractivity contribution in [3.05, 3.63) is 54.6 Å². The Morgan fingerprint density at radius 3 is 2.69 bits per heavy atom. The molecule has 0 aliphatic heterocycles. The normalized spacial score (nSPS) is 10.3. The fourth-order valence-corrected chi connectivity index (χ4v) is 1.77. The number of hydrogen-bond donors (Lipinski definition) is 0. The highest BCUT2D eigenvalue weighted by Gasteiger charge is 1.98. The van der Waals surface area contributed by atoms with Gasteiger partial charge >= 0.3 is 0 Å². The molecular weight excluding hydrogens is 220 g/mol. The van der Waals surface area contributed by atoms with Crippen molar-refractivity contribution in [2.24, 2.45) is 0 Å². The lowest BCUT2D eigenvalue weighted by Crippen LogP contribution is -1.92. The van der Waals surface area contributed by atoms with Crippen molar-refractivity contribution in [1.29, 1.82) is 0 Å². The fraction of sp³-hybridized carbons (Fsp3) is 0.143.